The van der Waals surface area contributed by atoms with Crippen molar-refractivity contribution < 1.29 is 9.53 Å². The Bertz CT molecular complexity index is 328. The summed E-state index contributed by atoms with van der Waals surface area (Å²) >= 11 is 1.43. The SMILES string of the molecule is COCCCNCC(=O)Nc1nc(C)cs1. The molecule has 1 rings (SSSR count). The van der Waals surface area contributed by atoms with Crippen LogP contribution < -0.4 is 10.6 Å². The number of thiazole rings is 1. The van der Waals surface area contributed by atoms with Crippen molar-refractivity contribution in [3.63, 3.8) is 0 Å². The number of rotatable bonds is 7. The van der Waals surface area contributed by atoms with Crippen LogP contribution >= 0.6 is 11.3 Å². The number of carbonyl (C=O) groups is 1. The minimum absolute atomic E-state index is 0.0632. The highest BCUT2D eigenvalue weighted by atomic mass is 32.1. The highest BCUT2D eigenvalue weighted by molar-refractivity contribution is 7.13. The lowest BCUT2D eigenvalue weighted by Crippen LogP contribution is -2.29. The number of anilines is 1. The lowest BCUT2D eigenvalue weighted by molar-refractivity contribution is -0.115. The molecule has 0 bridgehead atoms. The summed E-state index contributed by atoms with van der Waals surface area (Å²) in [4.78, 5) is 15.6. The van der Waals surface area contributed by atoms with Crippen LogP contribution in [0, 0.1) is 6.92 Å². The Balaban J connectivity index is 2.11. The minimum Gasteiger partial charge on any atom is -0.385 e. The number of ether oxygens (including phenoxy) is 1. The number of aromatic nitrogens is 1. The molecule has 16 heavy (non-hydrogen) atoms. The van der Waals surface area contributed by atoms with Crippen molar-refractivity contribution in [1.82, 2.24) is 10.3 Å². The van der Waals surface area contributed by atoms with E-state index >= 15 is 0 Å². The van der Waals surface area contributed by atoms with Gasteiger partial charge >= 0.3 is 0 Å². The molecule has 0 fully saturated rings. The van der Waals surface area contributed by atoms with Gasteiger partial charge in [0.2, 0.25) is 5.91 Å². The molecule has 6 heteroatoms. The van der Waals surface area contributed by atoms with Crippen molar-refractivity contribution in [1.29, 1.82) is 0 Å². The third kappa shape index (κ3) is 5.20. The number of carbonyl (C=O) groups excluding carboxylic acids is 1. The van der Waals surface area contributed by atoms with Gasteiger partial charge in [-0.15, -0.1) is 11.3 Å². The molecule has 1 heterocycles. The van der Waals surface area contributed by atoms with Crippen molar-refractivity contribution in [3.8, 4) is 0 Å². The molecule has 0 aliphatic heterocycles. The molecule has 0 atom stereocenters. The Hall–Kier alpha value is -0.980. The first kappa shape index (κ1) is 13.1. The van der Waals surface area contributed by atoms with Gasteiger partial charge in [0.05, 0.1) is 12.2 Å². The van der Waals surface area contributed by atoms with Gasteiger partial charge in [0.1, 0.15) is 0 Å². The van der Waals surface area contributed by atoms with E-state index in [0.717, 1.165) is 18.7 Å². The third-order valence-electron chi connectivity index (χ3n) is 1.85. The zero-order valence-electron chi connectivity index (χ0n) is 9.58. The number of nitrogens with zero attached hydrogens (tertiary/aromatic N) is 1. The van der Waals surface area contributed by atoms with E-state index in [-0.39, 0.29) is 5.91 Å². The predicted octanol–water partition coefficient (Wildman–Crippen LogP) is 1.02. The van der Waals surface area contributed by atoms with Crippen molar-refractivity contribution >= 4 is 22.4 Å². The maximum Gasteiger partial charge on any atom is 0.240 e. The fourth-order valence-corrected chi connectivity index (χ4v) is 1.82. The van der Waals surface area contributed by atoms with Gasteiger partial charge in [-0.2, -0.15) is 0 Å². The molecule has 0 unspecified atom stereocenters. The van der Waals surface area contributed by atoms with Crippen LogP contribution in [0.25, 0.3) is 0 Å². The molecule has 0 saturated heterocycles. The molecule has 1 aromatic rings. The van der Waals surface area contributed by atoms with Gasteiger partial charge in [0, 0.05) is 19.1 Å². The summed E-state index contributed by atoms with van der Waals surface area (Å²) in [6.07, 6.45) is 0.903. The van der Waals surface area contributed by atoms with Gasteiger partial charge in [-0.3, -0.25) is 4.79 Å². The smallest absolute Gasteiger partial charge is 0.240 e. The van der Waals surface area contributed by atoms with Crippen molar-refractivity contribution in [2.75, 3.05) is 32.1 Å². The van der Waals surface area contributed by atoms with Gasteiger partial charge < -0.3 is 15.4 Å². The molecule has 0 aliphatic carbocycles. The van der Waals surface area contributed by atoms with Gasteiger partial charge in [-0.1, -0.05) is 0 Å². The summed E-state index contributed by atoms with van der Waals surface area (Å²) < 4.78 is 4.90. The van der Waals surface area contributed by atoms with Crippen LogP contribution in [0.2, 0.25) is 0 Å². The molecule has 0 saturated carbocycles. The second-order valence-electron chi connectivity index (χ2n) is 3.37. The highest BCUT2D eigenvalue weighted by Gasteiger charge is 2.04. The molecule has 1 aromatic heterocycles. The van der Waals surface area contributed by atoms with Gasteiger partial charge in [0.15, 0.2) is 5.13 Å². The summed E-state index contributed by atoms with van der Waals surface area (Å²) in [6.45, 7) is 3.69. The molecule has 90 valence electrons. The molecule has 1 amide bonds. The fraction of sp³-hybridized carbons (Fsp3) is 0.600. The van der Waals surface area contributed by atoms with Gasteiger partial charge in [-0.05, 0) is 19.9 Å². The molecule has 5 nitrogen and oxygen atoms in total. The normalized spacial score (nSPS) is 10.4. The summed E-state index contributed by atoms with van der Waals surface area (Å²) in [6, 6.07) is 0. The number of hydrogen-bond acceptors (Lipinski definition) is 5. The van der Waals surface area contributed by atoms with E-state index in [9.17, 15) is 4.79 Å². The number of nitrogens with one attached hydrogen (secondary N) is 2. The van der Waals surface area contributed by atoms with Crippen LogP contribution in [0.5, 0.6) is 0 Å². The summed E-state index contributed by atoms with van der Waals surface area (Å²) in [5.41, 5.74) is 0.924. The van der Waals surface area contributed by atoms with E-state index < -0.39 is 0 Å². The molecule has 0 spiro atoms. The molecule has 2 N–H and O–H groups in total. The first-order valence-electron chi connectivity index (χ1n) is 5.14. The zero-order valence-corrected chi connectivity index (χ0v) is 10.4. The summed E-state index contributed by atoms with van der Waals surface area (Å²) in [5, 5.41) is 8.32. The maximum absolute atomic E-state index is 11.4. The molecular formula is C10H17N3O2S. The molecule has 0 radical (unpaired) electrons. The molecule has 0 aliphatic rings. The lowest BCUT2D eigenvalue weighted by Gasteiger charge is -2.03. The monoisotopic (exact) mass is 243 g/mol. The van der Waals surface area contributed by atoms with Crippen molar-refractivity contribution in [2.45, 2.75) is 13.3 Å². The average molecular weight is 243 g/mol. The number of aryl methyl sites for hydroxylation is 1. The summed E-state index contributed by atoms with van der Waals surface area (Å²) in [7, 11) is 1.66. The maximum atomic E-state index is 11.4. The average Bonchev–Trinajstić information content (AvgIpc) is 2.63. The second-order valence-corrected chi connectivity index (χ2v) is 4.22. The van der Waals surface area contributed by atoms with Crippen LogP contribution in [0.3, 0.4) is 0 Å². The third-order valence-corrected chi connectivity index (χ3v) is 2.73. The molecular weight excluding hydrogens is 226 g/mol. The standard InChI is InChI=1S/C10H17N3O2S/c1-8-7-16-10(12-8)13-9(14)6-11-4-3-5-15-2/h7,11H,3-6H2,1-2H3,(H,12,13,14). The molecule has 0 aromatic carbocycles. The van der Waals surface area contributed by atoms with E-state index in [0.29, 0.717) is 18.3 Å². The summed E-state index contributed by atoms with van der Waals surface area (Å²) in [5.74, 6) is -0.0632. The Morgan fingerprint density at radius 3 is 3.06 bits per heavy atom. The fourth-order valence-electron chi connectivity index (χ4n) is 1.12. The Kier molecular flexibility index (Phi) is 5.99. The van der Waals surface area contributed by atoms with Gasteiger partial charge in [0.25, 0.3) is 0 Å². The van der Waals surface area contributed by atoms with E-state index in [4.69, 9.17) is 4.74 Å². The number of amides is 1. The Morgan fingerprint density at radius 1 is 1.62 bits per heavy atom. The van der Waals surface area contributed by atoms with Crippen LogP contribution in [-0.2, 0) is 9.53 Å². The van der Waals surface area contributed by atoms with Crippen molar-refractivity contribution in [3.05, 3.63) is 11.1 Å². The van der Waals surface area contributed by atoms with Crippen LogP contribution in [-0.4, -0.2) is 37.7 Å². The zero-order chi connectivity index (χ0) is 11.8. The van der Waals surface area contributed by atoms with Crippen LogP contribution in [0.1, 0.15) is 12.1 Å². The Labute approximate surface area is 99.2 Å². The lowest BCUT2D eigenvalue weighted by atomic mass is 10.4. The Morgan fingerprint density at radius 2 is 2.44 bits per heavy atom. The second kappa shape index (κ2) is 7.32. The van der Waals surface area contributed by atoms with E-state index in [1.165, 1.54) is 11.3 Å². The van der Waals surface area contributed by atoms with Crippen LogP contribution in [0.15, 0.2) is 5.38 Å². The highest BCUT2D eigenvalue weighted by Crippen LogP contribution is 2.13. The first-order valence-corrected chi connectivity index (χ1v) is 6.02. The van der Waals surface area contributed by atoms with Crippen LogP contribution in [0.4, 0.5) is 5.13 Å². The first-order chi connectivity index (χ1) is 7.72. The number of hydrogen-bond donors (Lipinski definition) is 2. The predicted molar refractivity (Wildman–Crippen MR) is 64.8 cm³/mol. The van der Waals surface area contributed by atoms with Gasteiger partial charge in [-0.25, -0.2) is 4.98 Å². The largest absolute Gasteiger partial charge is 0.385 e. The van der Waals surface area contributed by atoms with Crippen molar-refractivity contribution in [2.24, 2.45) is 0 Å². The quantitative estimate of drug-likeness (QED) is 0.702. The number of methoxy groups -OCH3 is 1. The van der Waals surface area contributed by atoms with E-state index in [1.54, 1.807) is 7.11 Å². The minimum atomic E-state index is -0.0632. The van der Waals surface area contributed by atoms with E-state index in [1.807, 2.05) is 12.3 Å². The van der Waals surface area contributed by atoms with E-state index in [2.05, 4.69) is 15.6 Å². The topological polar surface area (TPSA) is 63.2 Å².